The van der Waals surface area contributed by atoms with E-state index in [4.69, 9.17) is 14.2 Å². The van der Waals surface area contributed by atoms with E-state index in [1.807, 2.05) is 25.1 Å². The molecule has 1 amide bonds. The van der Waals surface area contributed by atoms with Gasteiger partial charge in [-0.2, -0.15) is 13.2 Å². The minimum Gasteiger partial charge on any atom is -0.444 e. The number of amides is 1. The van der Waals surface area contributed by atoms with Crippen LogP contribution in [0.4, 0.5) is 28.3 Å². The predicted molar refractivity (Wildman–Crippen MR) is 174 cm³/mol. The van der Waals surface area contributed by atoms with Crippen molar-refractivity contribution >= 4 is 22.8 Å². The average Bonchev–Trinajstić information content (AvgIpc) is 3.01. The number of hydrogen-bond acceptors (Lipinski definition) is 8. The first kappa shape index (κ1) is 34.8. The van der Waals surface area contributed by atoms with Crippen molar-refractivity contribution in [1.82, 2.24) is 19.9 Å². The topological polar surface area (TPSA) is 98.7 Å². The van der Waals surface area contributed by atoms with Crippen molar-refractivity contribution in [2.75, 3.05) is 25.5 Å². The Morgan fingerprint density at radius 3 is 2.54 bits per heavy atom. The van der Waals surface area contributed by atoms with Crippen molar-refractivity contribution in [2.24, 2.45) is 0 Å². The van der Waals surface area contributed by atoms with Crippen LogP contribution in [0.3, 0.4) is 0 Å². The molecule has 0 radical (unpaired) electrons. The molecular formula is C35H39F4N5O4. The molecule has 0 bridgehead atoms. The zero-order valence-electron chi connectivity index (χ0n) is 27.5. The molecule has 13 heteroatoms. The highest BCUT2D eigenvalue weighted by atomic mass is 19.4. The van der Waals surface area contributed by atoms with Crippen LogP contribution in [-0.2, 0) is 15.9 Å². The molecule has 4 aromatic rings. The number of nitrogens with zero attached hydrogens (tertiary/aromatic N) is 4. The third-order valence-corrected chi connectivity index (χ3v) is 7.91. The number of carbonyl (C=O) groups is 1. The molecule has 0 aliphatic carbocycles. The van der Waals surface area contributed by atoms with Crippen LogP contribution in [-0.4, -0.2) is 76.2 Å². The van der Waals surface area contributed by atoms with Gasteiger partial charge in [0.2, 0.25) is 11.8 Å². The lowest BCUT2D eigenvalue weighted by atomic mass is 9.97. The lowest BCUT2D eigenvalue weighted by Crippen LogP contribution is -2.51. The highest BCUT2D eigenvalue weighted by Crippen LogP contribution is 2.38. The molecule has 1 aliphatic rings. The second-order valence-corrected chi connectivity index (χ2v) is 12.8. The third-order valence-electron chi connectivity index (χ3n) is 7.91. The summed E-state index contributed by atoms with van der Waals surface area (Å²) in [6.45, 7) is 7.31. The standard InChI is InChI=1S/C35H39F4N5O4/c1-21-11-13-25-22(12-14-29(46-5)35(37,38)39)8-6-9-26(25)30(21)47-31-27(10-7-16-40-31)28-15-17-41-32(43-28)42-24-18-23(36)19-44(20-24)33(45)48-34(2,3)4/h6-11,13,15-17,23-24,29H,12,14,18-20H2,1-5H3,(H,41,42,43)/t23-,24-,29+/m1/s1. The molecule has 0 saturated carbocycles. The van der Waals surface area contributed by atoms with Gasteiger partial charge in [0, 0.05) is 43.9 Å². The molecule has 1 N–H and O–H groups in total. The van der Waals surface area contributed by atoms with Gasteiger partial charge in [-0.3, -0.25) is 0 Å². The van der Waals surface area contributed by atoms with Crippen LogP contribution in [0.1, 0.15) is 44.7 Å². The van der Waals surface area contributed by atoms with Gasteiger partial charge in [0.15, 0.2) is 6.10 Å². The second kappa shape index (κ2) is 14.3. The molecular weight excluding hydrogens is 630 g/mol. The Labute approximate surface area is 276 Å². The van der Waals surface area contributed by atoms with E-state index < -0.39 is 36.2 Å². The smallest absolute Gasteiger partial charge is 0.414 e. The molecule has 0 unspecified atom stereocenters. The van der Waals surface area contributed by atoms with Crippen molar-refractivity contribution in [3.05, 3.63) is 72.1 Å². The number of fused-ring (bicyclic) bond motifs is 1. The summed E-state index contributed by atoms with van der Waals surface area (Å²) in [4.78, 5) is 27.4. The first-order valence-electron chi connectivity index (χ1n) is 15.7. The lowest BCUT2D eigenvalue weighted by molar-refractivity contribution is -0.214. The van der Waals surface area contributed by atoms with E-state index in [2.05, 4.69) is 20.3 Å². The summed E-state index contributed by atoms with van der Waals surface area (Å²) in [6.07, 6.45) is -4.90. The van der Waals surface area contributed by atoms with Crippen molar-refractivity contribution in [2.45, 2.75) is 77.1 Å². The Bertz CT molecular complexity index is 1750. The van der Waals surface area contributed by atoms with Gasteiger partial charge >= 0.3 is 12.3 Å². The van der Waals surface area contributed by atoms with Crippen LogP contribution in [0, 0.1) is 6.92 Å². The quantitative estimate of drug-likeness (QED) is 0.179. The number of aryl methyl sites for hydroxylation is 2. The minimum atomic E-state index is -4.46. The van der Waals surface area contributed by atoms with Gasteiger partial charge in [-0.15, -0.1) is 0 Å². The van der Waals surface area contributed by atoms with Gasteiger partial charge in [-0.25, -0.2) is 24.1 Å². The molecule has 2 aromatic heterocycles. The fraction of sp³-hybridized carbons (Fsp3) is 0.429. The van der Waals surface area contributed by atoms with Gasteiger partial charge < -0.3 is 24.4 Å². The molecule has 1 aliphatic heterocycles. The van der Waals surface area contributed by atoms with E-state index in [1.165, 1.54) is 4.90 Å². The minimum absolute atomic E-state index is 0.0549. The predicted octanol–water partition coefficient (Wildman–Crippen LogP) is 8.06. The van der Waals surface area contributed by atoms with E-state index in [-0.39, 0.29) is 44.2 Å². The van der Waals surface area contributed by atoms with Crippen molar-refractivity contribution in [3.8, 4) is 22.9 Å². The highest BCUT2D eigenvalue weighted by molar-refractivity contribution is 5.92. The first-order chi connectivity index (χ1) is 22.7. The summed E-state index contributed by atoms with van der Waals surface area (Å²) in [5.74, 6) is 1.02. The number of methoxy groups -OCH3 is 1. The Kier molecular flexibility index (Phi) is 10.4. The van der Waals surface area contributed by atoms with Crippen LogP contribution >= 0.6 is 0 Å². The summed E-state index contributed by atoms with van der Waals surface area (Å²) in [7, 11) is 1.06. The van der Waals surface area contributed by atoms with Gasteiger partial charge in [0.1, 0.15) is 17.5 Å². The SMILES string of the molecule is CO[C@@H](CCc1cccc2c(Oc3ncccc3-c3ccnc(N[C@@H]4C[C@@H](F)CN(C(=O)OC(C)(C)C)C4)n3)c(C)ccc12)C(F)(F)F. The maximum atomic E-state index is 14.7. The number of pyridine rings is 1. The number of hydrogen-bond donors (Lipinski definition) is 1. The summed E-state index contributed by atoms with van der Waals surface area (Å²) < 4.78 is 71.3. The first-order valence-corrected chi connectivity index (χ1v) is 15.7. The molecule has 48 heavy (non-hydrogen) atoms. The highest BCUT2D eigenvalue weighted by Gasteiger charge is 2.39. The number of anilines is 1. The molecule has 2 aromatic carbocycles. The fourth-order valence-electron chi connectivity index (χ4n) is 5.70. The molecule has 1 fully saturated rings. The summed E-state index contributed by atoms with van der Waals surface area (Å²) in [6, 6.07) is 14.0. The Morgan fingerprint density at radius 2 is 1.81 bits per heavy atom. The van der Waals surface area contributed by atoms with E-state index >= 15 is 0 Å². The second-order valence-electron chi connectivity index (χ2n) is 12.8. The van der Waals surface area contributed by atoms with E-state index in [0.717, 1.165) is 29.0 Å². The summed E-state index contributed by atoms with van der Waals surface area (Å²) in [5, 5.41) is 4.65. The largest absolute Gasteiger partial charge is 0.444 e. The number of alkyl halides is 4. The number of nitrogens with one attached hydrogen (secondary N) is 1. The zero-order chi connectivity index (χ0) is 34.6. The maximum absolute atomic E-state index is 14.7. The van der Waals surface area contributed by atoms with E-state index in [0.29, 0.717) is 17.0 Å². The molecule has 0 spiro atoms. The van der Waals surface area contributed by atoms with Crippen molar-refractivity contribution < 1.29 is 36.6 Å². The van der Waals surface area contributed by atoms with Crippen LogP contribution in [0.2, 0.25) is 0 Å². The zero-order valence-corrected chi connectivity index (χ0v) is 27.5. The van der Waals surface area contributed by atoms with Crippen molar-refractivity contribution in [1.29, 1.82) is 0 Å². The van der Waals surface area contributed by atoms with Gasteiger partial charge in [-0.1, -0.05) is 30.3 Å². The maximum Gasteiger partial charge on any atom is 0.414 e. The Balaban J connectivity index is 1.38. The van der Waals surface area contributed by atoms with Gasteiger partial charge in [-0.05, 0) is 75.2 Å². The number of carbonyl (C=O) groups excluding carboxylic acids is 1. The number of rotatable bonds is 9. The molecule has 5 rings (SSSR count). The Hall–Kier alpha value is -4.52. The molecule has 3 heterocycles. The molecule has 256 valence electrons. The number of ether oxygens (including phenoxy) is 3. The van der Waals surface area contributed by atoms with E-state index in [9.17, 15) is 22.4 Å². The average molecular weight is 670 g/mol. The summed E-state index contributed by atoms with van der Waals surface area (Å²) in [5.41, 5.74) is 1.88. The van der Waals surface area contributed by atoms with Crippen LogP contribution < -0.4 is 10.1 Å². The van der Waals surface area contributed by atoms with Crippen LogP contribution in [0.25, 0.3) is 22.0 Å². The number of likely N-dealkylation sites (tertiary alicyclic amines) is 1. The molecule has 3 atom stereocenters. The van der Waals surface area contributed by atoms with Crippen molar-refractivity contribution in [3.63, 3.8) is 0 Å². The van der Waals surface area contributed by atoms with E-state index in [1.54, 1.807) is 63.5 Å². The van der Waals surface area contributed by atoms with Crippen LogP contribution in [0.15, 0.2) is 60.9 Å². The molecule has 1 saturated heterocycles. The summed E-state index contributed by atoms with van der Waals surface area (Å²) >= 11 is 0. The van der Waals surface area contributed by atoms with Gasteiger partial charge in [0.05, 0.1) is 17.8 Å². The number of piperidine rings is 1. The lowest BCUT2D eigenvalue weighted by Gasteiger charge is -2.36. The Morgan fingerprint density at radius 1 is 1.02 bits per heavy atom. The monoisotopic (exact) mass is 669 g/mol. The number of benzene rings is 2. The normalized spacial score (nSPS) is 17.6. The fourth-order valence-corrected chi connectivity index (χ4v) is 5.70. The number of aromatic nitrogens is 3. The van der Waals surface area contributed by atoms with Gasteiger partial charge in [0.25, 0.3) is 0 Å². The number of halogens is 4. The van der Waals surface area contributed by atoms with Crippen LogP contribution in [0.5, 0.6) is 11.6 Å². The third kappa shape index (κ3) is 8.49. The molecule has 9 nitrogen and oxygen atoms in total.